The minimum atomic E-state index is 0.108. The van der Waals surface area contributed by atoms with Crippen molar-refractivity contribution >= 4 is 26.8 Å². The smallest absolute Gasteiger partial charge is 0.162 e. The van der Waals surface area contributed by atoms with Gasteiger partial charge in [0.25, 0.3) is 0 Å². The lowest BCUT2D eigenvalue weighted by Crippen LogP contribution is -1.83. The quantitative estimate of drug-likeness (QED) is 0.805. The number of phenols is 1. The van der Waals surface area contributed by atoms with Crippen LogP contribution in [0.25, 0.3) is 10.9 Å². The van der Waals surface area contributed by atoms with Crippen molar-refractivity contribution in [2.24, 2.45) is 0 Å². The standard InChI is InChI=1S/C8H7BrN2O2/c1-13-7-3-5-4(2-6(7)12)8(9)11-10-5/h2-3,12H,1H3,(H,10,11). The third-order valence-electron chi connectivity index (χ3n) is 1.81. The Morgan fingerprint density at radius 1 is 1.54 bits per heavy atom. The largest absolute Gasteiger partial charge is 0.504 e. The molecule has 0 saturated heterocycles. The van der Waals surface area contributed by atoms with E-state index in [0.29, 0.717) is 5.75 Å². The van der Waals surface area contributed by atoms with Gasteiger partial charge in [0, 0.05) is 11.5 Å². The van der Waals surface area contributed by atoms with Gasteiger partial charge in [-0.3, -0.25) is 5.10 Å². The number of hydrogen-bond acceptors (Lipinski definition) is 3. The molecular formula is C8H7BrN2O2. The van der Waals surface area contributed by atoms with Gasteiger partial charge in [0.05, 0.1) is 12.6 Å². The molecule has 1 aromatic carbocycles. The van der Waals surface area contributed by atoms with Gasteiger partial charge in [-0.2, -0.15) is 5.10 Å². The predicted octanol–water partition coefficient (Wildman–Crippen LogP) is 2.04. The van der Waals surface area contributed by atoms with Crippen molar-refractivity contribution in [1.82, 2.24) is 10.2 Å². The van der Waals surface area contributed by atoms with E-state index in [0.717, 1.165) is 15.5 Å². The van der Waals surface area contributed by atoms with Crippen molar-refractivity contribution in [3.05, 3.63) is 16.7 Å². The molecule has 0 spiro atoms. The first kappa shape index (κ1) is 8.37. The minimum Gasteiger partial charge on any atom is -0.504 e. The van der Waals surface area contributed by atoms with Crippen LogP contribution in [0.1, 0.15) is 0 Å². The minimum absolute atomic E-state index is 0.108. The van der Waals surface area contributed by atoms with E-state index in [4.69, 9.17) is 4.74 Å². The van der Waals surface area contributed by atoms with Gasteiger partial charge in [-0.05, 0) is 22.0 Å². The Morgan fingerprint density at radius 3 is 3.00 bits per heavy atom. The van der Waals surface area contributed by atoms with Crippen LogP contribution in [0.15, 0.2) is 16.7 Å². The average molecular weight is 243 g/mol. The Balaban J connectivity index is 2.76. The van der Waals surface area contributed by atoms with Crippen molar-refractivity contribution < 1.29 is 9.84 Å². The van der Waals surface area contributed by atoms with E-state index in [1.54, 1.807) is 12.1 Å². The Kier molecular flexibility index (Phi) is 1.88. The lowest BCUT2D eigenvalue weighted by molar-refractivity contribution is 0.374. The molecule has 68 valence electrons. The second-order valence-electron chi connectivity index (χ2n) is 2.58. The molecule has 2 N–H and O–H groups in total. The van der Waals surface area contributed by atoms with Crippen LogP contribution >= 0.6 is 15.9 Å². The first-order valence-electron chi connectivity index (χ1n) is 3.63. The predicted molar refractivity (Wildman–Crippen MR) is 52.0 cm³/mol. The maximum absolute atomic E-state index is 9.46. The fourth-order valence-electron chi connectivity index (χ4n) is 1.16. The number of methoxy groups -OCH3 is 1. The summed E-state index contributed by atoms with van der Waals surface area (Å²) < 4.78 is 5.69. The van der Waals surface area contributed by atoms with Crippen LogP contribution in [-0.4, -0.2) is 22.4 Å². The summed E-state index contributed by atoms with van der Waals surface area (Å²) in [5.41, 5.74) is 0.751. The number of fused-ring (bicyclic) bond motifs is 1. The molecule has 0 saturated carbocycles. The SMILES string of the molecule is COc1cc2n[nH]c(Br)c2cc1O. The molecular weight excluding hydrogens is 236 g/mol. The third-order valence-corrected chi connectivity index (χ3v) is 2.41. The Labute approximate surface area is 82.7 Å². The normalized spacial score (nSPS) is 10.6. The summed E-state index contributed by atoms with van der Waals surface area (Å²) in [6.45, 7) is 0. The highest BCUT2D eigenvalue weighted by Crippen LogP contribution is 2.32. The number of nitrogens with zero attached hydrogens (tertiary/aromatic N) is 1. The van der Waals surface area contributed by atoms with Gasteiger partial charge in [-0.25, -0.2) is 0 Å². The van der Waals surface area contributed by atoms with E-state index in [1.165, 1.54) is 7.11 Å². The van der Waals surface area contributed by atoms with Gasteiger partial charge in [0.1, 0.15) is 4.60 Å². The van der Waals surface area contributed by atoms with Crippen molar-refractivity contribution in [2.75, 3.05) is 7.11 Å². The first-order chi connectivity index (χ1) is 6.22. The number of aromatic amines is 1. The highest BCUT2D eigenvalue weighted by molar-refractivity contribution is 9.10. The van der Waals surface area contributed by atoms with Crippen molar-refractivity contribution in [3.63, 3.8) is 0 Å². The zero-order valence-corrected chi connectivity index (χ0v) is 8.42. The highest BCUT2D eigenvalue weighted by atomic mass is 79.9. The van der Waals surface area contributed by atoms with E-state index in [1.807, 2.05) is 0 Å². The van der Waals surface area contributed by atoms with Crippen LogP contribution in [0.3, 0.4) is 0 Å². The number of benzene rings is 1. The molecule has 13 heavy (non-hydrogen) atoms. The zero-order chi connectivity index (χ0) is 9.42. The molecule has 0 amide bonds. The summed E-state index contributed by atoms with van der Waals surface area (Å²) in [5.74, 6) is 0.531. The Morgan fingerprint density at radius 2 is 2.31 bits per heavy atom. The molecule has 0 bridgehead atoms. The zero-order valence-electron chi connectivity index (χ0n) is 6.84. The Bertz CT molecular complexity index is 453. The van der Waals surface area contributed by atoms with E-state index < -0.39 is 0 Å². The number of aromatic nitrogens is 2. The van der Waals surface area contributed by atoms with Crippen molar-refractivity contribution in [1.29, 1.82) is 0 Å². The molecule has 4 nitrogen and oxygen atoms in total. The molecule has 0 atom stereocenters. The van der Waals surface area contributed by atoms with Gasteiger partial charge in [0.2, 0.25) is 0 Å². The second-order valence-corrected chi connectivity index (χ2v) is 3.37. The molecule has 0 unspecified atom stereocenters. The first-order valence-corrected chi connectivity index (χ1v) is 4.42. The summed E-state index contributed by atoms with van der Waals surface area (Å²) in [4.78, 5) is 0. The molecule has 5 heteroatoms. The summed E-state index contributed by atoms with van der Waals surface area (Å²) in [7, 11) is 1.50. The van der Waals surface area contributed by atoms with E-state index in [2.05, 4.69) is 26.1 Å². The fourth-order valence-corrected chi connectivity index (χ4v) is 1.57. The van der Waals surface area contributed by atoms with Gasteiger partial charge in [-0.1, -0.05) is 0 Å². The molecule has 2 rings (SSSR count). The van der Waals surface area contributed by atoms with Crippen LogP contribution in [-0.2, 0) is 0 Å². The van der Waals surface area contributed by atoms with Crippen LogP contribution in [0, 0.1) is 0 Å². The number of halogens is 1. The van der Waals surface area contributed by atoms with Crippen molar-refractivity contribution in [2.45, 2.75) is 0 Å². The second kappa shape index (κ2) is 2.92. The molecule has 0 aliphatic heterocycles. The van der Waals surface area contributed by atoms with E-state index in [-0.39, 0.29) is 5.75 Å². The van der Waals surface area contributed by atoms with Gasteiger partial charge in [-0.15, -0.1) is 0 Å². The number of ether oxygens (including phenoxy) is 1. The average Bonchev–Trinajstić information content (AvgIpc) is 2.47. The monoisotopic (exact) mass is 242 g/mol. The van der Waals surface area contributed by atoms with Gasteiger partial charge >= 0.3 is 0 Å². The molecule has 0 radical (unpaired) electrons. The van der Waals surface area contributed by atoms with E-state index in [9.17, 15) is 5.11 Å². The van der Waals surface area contributed by atoms with Gasteiger partial charge < -0.3 is 9.84 Å². The van der Waals surface area contributed by atoms with Gasteiger partial charge in [0.15, 0.2) is 11.5 Å². The van der Waals surface area contributed by atoms with Crippen LogP contribution in [0.4, 0.5) is 0 Å². The number of phenolic OH excluding ortho intramolecular Hbond substituents is 1. The summed E-state index contributed by atoms with van der Waals surface area (Å²) in [6.07, 6.45) is 0. The lowest BCUT2D eigenvalue weighted by Gasteiger charge is -2.01. The van der Waals surface area contributed by atoms with Crippen LogP contribution in [0.2, 0.25) is 0 Å². The highest BCUT2D eigenvalue weighted by Gasteiger charge is 2.08. The summed E-state index contributed by atoms with van der Waals surface area (Å²) >= 11 is 3.28. The van der Waals surface area contributed by atoms with E-state index >= 15 is 0 Å². The number of aromatic hydroxyl groups is 1. The van der Waals surface area contributed by atoms with Crippen LogP contribution < -0.4 is 4.74 Å². The third kappa shape index (κ3) is 1.25. The Hall–Kier alpha value is -1.23. The number of hydrogen-bond donors (Lipinski definition) is 2. The molecule has 2 aromatic rings. The maximum Gasteiger partial charge on any atom is 0.162 e. The number of rotatable bonds is 1. The molecule has 0 aliphatic rings. The molecule has 0 aliphatic carbocycles. The topological polar surface area (TPSA) is 58.1 Å². The number of H-pyrrole nitrogens is 1. The number of nitrogens with one attached hydrogen (secondary N) is 1. The molecule has 1 aromatic heterocycles. The maximum atomic E-state index is 9.46. The summed E-state index contributed by atoms with van der Waals surface area (Å²) in [5, 5.41) is 17.1. The fraction of sp³-hybridized carbons (Fsp3) is 0.125. The summed E-state index contributed by atoms with van der Waals surface area (Å²) in [6, 6.07) is 3.27. The molecule has 1 heterocycles. The molecule has 0 fully saturated rings. The lowest BCUT2D eigenvalue weighted by atomic mass is 10.2. The van der Waals surface area contributed by atoms with Crippen LogP contribution in [0.5, 0.6) is 11.5 Å². The van der Waals surface area contributed by atoms with Crippen molar-refractivity contribution in [3.8, 4) is 11.5 Å².